The molecule has 0 saturated carbocycles. The third-order valence-electron chi connectivity index (χ3n) is 4.91. The summed E-state index contributed by atoms with van der Waals surface area (Å²) in [6, 6.07) is 21.6. The second-order valence-electron chi connectivity index (χ2n) is 7.51. The van der Waals surface area contributed by atoms with Gasteiger partial charge in [0, 0.05) is 30.4 Å². The lowest BCUT2D eigenvalue weighted by molar-refractivity contribution is -0.114. The third kappa shape index (κ3) is 6.20. The number of sulfonamides is 1. The molecule has 0 atom stereocenters. The fourth-order valence-electron chi connectivity index (χ4n) is 3.25. The molecule has 3 rings (SSSR count). The van der Waals surface area contributed by atoms with Crippen molar-refractivity contribution in [3.63, 3.8) is 0 Å². The Kier molecular flexibility index (Phi) is 7.84. The molecule has 0 aromatic heterocycles. The monoisotopic (exact) mass is 465 g/mol. The van der Waals surface area contributed by atoms with Crippen LogP contribution in [-0.4, -0.2) is 26.8 Å². The van der Waals surface area contributed by atoms with Gasteiger partial charge in [0.15, 0.2) is 0 Å². The summed E-state index contributed by atoms with van der Waals surface area (Å²) in [4.78, 5) is 24.0. The minimum absolute atomic E-state index is 0.0520. The average molecular weight is 466 g/mol. The fourth-order valence-corrected chi connectivity index (χ4v) is 4.80. The number of anilines is 3. The lowest BCUT2D eigenvalue weighted by Crippen LogP contribution is -2.32. The topological polar surface area (TPSA) is 95.6 Å². The van der Waals surface area contributed by atoms with Gasteiger partial charge in [-0.3, -0.25) is 13.9 Å². The first kappa shape index (κ1) is 24.0. The molecule has 3 aromatic rings. The van der Waals surface area contributed by atoms with Crippen LogP contribution in [0.1, 0.15) is 37.0 Å². The zero-order valence-electron chi connectivity index (χ0n) is 18.6. The summed E-state index contributed by atoms with van der Waals surface area (Å²) in [5, 5.41) is 5.41. The number of amides is 2. The van der Waals surface area contributed by atoms with Crippen LogP contribution in [0, 0.1) is 0 Å². The average Bonchev–Trinajstić information content (AvgIpc) is 2.81. The predicted octanol–water partition coefficient (Wildman–Crippen LogP) is 4.89. The Hall–Kier alpha value is -3.65. The number of para-hydroxylation sites is 1. The molecular weight excluding hydrogens is 438 g/mol. The zero-order chi connectivity index (χ0) is 23.8. The van der Waals surface area contributed by atoms with E-state index >= 15 is 0 Å². The molecule has 33 heavy (non-hydrogen) atoms. The molecule has 0 aliphatic carbocycles. The van der Waals surface area contributed by atoms with Crippen LogP contribution < -0.4 is 14.9 Å². The lowest BCUT2D eigenvalue weighted by Gasteiger charge is -2.24. The minimum atomic E-state index is -3.86. The Balaban J connectivity index is 1.83. The highest BCUT2D eigenvalue weighted by Crippen LogP contribution is 2.25. The molecule has 0 aliphatic rings. The maximum Gasteiger partial charge on any atom is 0.264 e. The van der Waals surface area contributed by atoms with Gasteiger partial charge in [0.2, 0.25) is 5.91 Å². The van der Waals surface area contributed by atoms with E-state index in [1.165, 1.54) is 23.4 Å². The van der Waals surface area contributed by atoms with Crippen molar-refractivity contribution >= 4 is 38.9 Å². The summed E-state index contributed by atoms with van der Waals surface area (Å²) in [6.45, 7) is 3.77. The van der Waals surface area contributed by atoms with E-state index in [1.807, 2.05) is 13.0 Å². The van der Waals surface area contributed by atoms with Crippen molar-refractivity contribution in [3.8, 4) is 0 Å². The van der Waals surface area contributed by atoms with Crippen molar-refractivity contribution in [2.75, 3.05) is 21.5 Å². The highest BCUT2D eigenvalue weighted by atomic mass is 32.2. The Bertz CT molecular complexity index is 1210. The molecular formula is C25H27N3O4S. The third-order valence-corrected chi connectivity index (χ3v) is 6.73. The van der Waals surface area contributed by atoms with Gasteiger partial charge >= 0.3 is 0 Å². The second-order valence-corrected chi connectivity index (χ2v) is 9.37. The van der Waals surface area contributed by atoms with Crippen molar-refractivity contribution in [2.45, 2.75) is 31.6 Å². The van der Waals surface area contributed by atoms with E-state index in [-0.39, 0.29) is 16.4 Å². The van der Waals surface area contributed by atoms with E-state index in [0.717, 1.165) is 6.42 Å². The molecule has 3 aromatic carbocycles. The fraction of sp³-hybridized carbons (Fsp3) is 0.200. The molecule has 0 radical (unpaired) electrons. The number of nitrogens with one attached hydrogen (secondary N) is 2. The summed E-state index contributed by atoms with van der Waals surface area (Å²) in [6.07, 6.45) is 1.56. The van der Waals surface area contributed by atoms with E-state index in [0.29, 0.717) is 30.0 Å². The molecule has 172 valence electrons. The molecule has 2 amide bonds. The number of rotatable bonds is 9. The van der Waals surface area contributed by atoms with E-state index in [9.17, 15) is 18.0 Å². The smallest absolute Gasteiger partial charge is 0.264 e. The van der Waals surface area contributed by atoms with Crippen molar-refractivity contribution in [3.05, 3.63) is 84.4 Å². The number of hydrogen-bond donors (Lipinski definition) is 2. The van der Waals surface area contributed by atoms with Crippen LogP contribution in [0.2, 0.25) is 0 Å². The highest BCUT2D eigenvalue weighted by molar-refractivity contribution is 7.92. The minimum Gasteiger partial charge on any atom is -0.326 e. The summed E-state index contributed by atoms with van der Waals surface area (Å²) < 4.78 is 28.3. The van der Waals surface area contributed by atoms with Gasteiger partial charge in [0.25, 0.3) is 15.9 Å². The normalized spacial score (nSPS) is 11.0. The summed E-state index contributed by atoms with van der Waals surface area (Å²) >= 11 is 0. The van der Waals surface area contributed by atoms with Gasteiger partial charge in [-0.15, -0.1) is 0 Å². The predicted molar refractivity (Wildman–Crippen MR) is 131 cm³/mol. The molecule has 0 bridgehead atoms. The van der Waals surface area contributed by atoms with Crippen LogP contribution in [0.5, 0.6) is 0 Å². The summed E-state index contributed by atoms with van der Waals surface area (Å²) in [5.74, 6) is -0.618. The number of hydrogen-bond acceptors (Lipinski definition) is 4. The molecule has 0 spiro atoms. The van der Waals surface area contributed by atoms with Crippen molar-refractivity contribution in [2.24, 2.45) is 0 Å². The second kappa shape index (κ2) is 10.8. The Labute approximate surface area is 194 Å². The number of nitrogens with zero attached hydrogens (tertiary/aromatic N) is 1. The van der Waals surface area contributed by atoms with Crippen LogP contribution in [-0.2, 0) is 14.8 Å². The molecule has 0 fully saturated rings. The largest absolute Gasteiger partial charge is 0.326 e. The number of unbranched alkanes of at least 4 members (excludes halogenated alkanes) is 1. The van der Waals surface area contributed by atoms with Gasteiger partial charge in [0.1, 0.15) is 0 Å². The standard InChI is InChI=1S/C25H27N3O4S/c1-3-4-17-28(23-10-6-5-7-11-23)33(31,32)24-12-8-9-20(18-24)25(30)27-22-15-13-21(14-16-22)26-19(2)29/h5-16,18H,3-4,17H2,1-2H3,(H,26,29)(H,27,30). The molecule has 0 heterocycles. The Morgan fingerprint density at radius 3 is 2.09 bits per heavy atom. The van der Waals surface area contributed by atoms with Crippen molar-refractivity contribution < 1.29 is 18.0 Å². The molecule has 0 saturated heterocycles. The number of carbonyl (C=O) groups is 2. The van der Waals surface area contributed by atoms with Gasteiger partial charge < -0.3 is 10.6 Å². The zero-order valence-corrected chi connectivity index (χ0v) is 19.4. The van der Waals surface area contributed by atoms with Crippen molar-refractivity contribution in [1.82, 2.24) is 0 Å². The van der Waals surface area contributed by atoms with E-state index in [4.69, 9.17) is 0 Å². The van der Waals surface area contributed by atoms with Crippen molar-refractivity contribution in [1.29, 1.82) is 0 Å². The van der Waals surface area contributed by atoms with Gasteiger partial charge in [0.05, 0.1) is 10.6 Å². The Morgan fingerprint density at radius 1 is 0.848 bits per heavy atom. The molecule has 7 nitrogen and oxygen atoms in total. The molecule has 0 unspecified atom stereocenters. The quantitative estimate of drug-likeness (QED) is 0.470. The van der Waals surface area contributed by atoms with Crippen LogP contribution in [0.4, 0.5) is 17.1 Å². The summed E-state index contributed by atoms with van der Waals surface area (Å²) in [7, 11) is -3.86. The van der Waals surface area contributed by atoms with E-state index in [1.54, 1.807) is 60.7 Å². The van der Waals surface area contributed by atoms with Crippen LogP contribution >= 0.6 is 0 Å². The first-order valence-corrected chi connectivity index (χ1v) is 12.1. The SMILES string of the molecule is CCCCN(c1ccccc1)S(=O)(=O)c1cccc(C(=O)Nc2ccc(NC(C)=O)cc2)c1. The number of carbonyl (C=O) groups excluding carboxylic acids is 2. The maximum atomic E-state index is 13.5. The van der Waals surface area contributed by atoms with Gasteiger partial charge in [-0.1, -0.05) is 37.6 Å². The molecule has 2 N–H and O–H groups in total. The van der Waals surface area contributed by atoms with Gasteiger partial charge in [-0.2, -0.15) is 0 Å². The molecule has 8 heteroatoms. The summed E-state index contributed by atoms with van der Waals surface area (Å²) in [5.41, 5.74) is 1.95. The maximum absolute atomic E-state index is 13.5. The van der Waals surface area contributed by atoms with E-state index < -0.39 is 15.9 Å². The van der Waals surface area contributed by atoms with Gasteiger partial charge in [-0.05, 0) is 61.0 Å². The molecule has 0 aliphatic heterocycles. The lowest BCUT2D eigenvalue weighted by atomic mass is 10.2. The van der Waals surface area contributed by atoms with Gasteiger partial charge in [-0.25, -0.2) is 8.42 Å². The number of benzene rings is 3. The van der Waals surface area contributed by atoms with Crippen LogP contribution in [0.25, 0.3) is 0 Å². The van der Waals surface area contributed by atoms with Crippen LogP contribution in [0.3, 0.4) is 0 Å². The van der Waals surface area contributed by atoms with Crippen LogP contribution in [0.15, 0.2) is 83.8 Å². The first-order chi connectivity index (χ1) is 15.8. The Morgan fingerprint density at radius 2 is 1.48 bits per heavy atom. The first-order valence-electron chi connectivity index (χ1n) is 10.7. The van der Waals surface area contributed by atoms with E-state index in [2.05, 4.69) is 10.6 Å². The highest BCUT2D eigenvalue weighted by Gasteiger charge is 2.25.